The van der Waals surface area contributed by atoms with Gasteiger partial charge in [-0.05, 0) is 24.7 Å². The van der Waals surface area contributed by atoms with Crippen LogP contribution in [0.3, 0.4) is 0 Å². The van der Waals surface area contributed by atoms with Crippen LogP contribution in [-0.2, 0) is 6.54 Å². The molecule has 0 amide bonds. The van der Waals surface area contributed by atoms with Crippen molar-refractivity contribution >= 4 is 11.6 Å². The molecule has 0 saturated heterocycles. The van der Waals surface area contributed by atoms with Gasteiger partial charge in [0.2, 0.25) is 0 Å². The zero-order chi connectivity index (χ0) is 11.3. The second-order valence-corrected chi connectivity index (χ2v) is 3.79. The quantitative estimate of drug-likeness (QED) is 0.846. The Morgan fingerprint density at radius 1 is 1.53 bits per heavy atom. The molecule has 1 aromatic rings. The highest BCUT2D eigenvalue weighted by atomic mass is 35.5. The molecule has 0 atom stereocenters. The van der Waals surface area contributed by atoms with Crippen molar-refractivity contribution in [2.24, 2.45) is 0 Å². The van der Waals surface area contributed by atoms with Crippen LogP contribution in [0.15, 0.2) is 18.2 Å². The second-order valence-electron chi connectivity index (χ2n) is 3.38. The van der Waals surface area contributed by atoms with Gasteiger partial charge in [0.15, 0.2) is 0 Å². The number of rotatable bonds is 4. The molecule has 0 aliphatic rings. The van der Waals surface area contributed by atoms with E-state index in [4.69, 9.17) is 22.0 Å². The summed E-state index contributed by atoms with van der Waals surface area (Å²) >= 11 is 6.01. The summed E-state index contributed by atoms with van der Waals surface area (Å²) in [5.74, 6) is 0. The lowest BCUT2D eigenvalue weighted by molar-refractivity contribution is 0.217. The molecular weight excluding hydrogens is 212 g/mol. The van der Waals surface area contributed by atoms with Crippen molar-refractivity contribution in [3.8, 4) is 6.07 Å². The summed E-state index contributed by atoms with van der Waals surface area (Å²) in [6, 6.07) is 7.28. The van der Waals surface area contributed by atoms with Crippen molar-refractivity contribution in [3.63, 3.8) is 0 Å². The lowest BCUT2D eigenvalue weighted by atomic mass is 10.1. The maximum Gasteiger partial charge on any atom is 0.0992 e. The molecule has 0 aromatic heterocycles. The number of halogens is 1. The number of likely N-dealkylation sites (N-methyl/N-ethyl adjacent to an activating group) is 1. The van der Waals surface area contributed by atoms with E-state index in [0.717, 1.165) is 5.56 Å². The van der Waals surface area contributed by atoms with Crippen molar-refractivity contribution in [2.75, 3.05) is 20.2 Å². The molecule has 1 aromatic carbocycles. The first kappa shape index (κ1) is 12.0. The molecular formula is C11H13ClN2O. The summed E-state index contributed by atoms with van der Waals surface area (Å²) < 4.78 is 0. The standard InChI is InChI=1S/C11H13ClN2O/c1-14(4-5-15)8-10-3-2-9(7-13)6-11(10)12/h2-3,6,15H,4-5,8H2,1H3. The van der Waals surface area contributed by atoms with Gasteiger partial charge in [0.05, 0.1) is 18.2 Å². The number of hydrogen-bond acceptors (Lipinski definition) is 3. The first-order valence-corrected chi connectivity index (χ1v) is 5.03. The van der Waals surface area contributed by atoms with E-state index < -0.39 is 0 Å². The van der Waals surface area contributed by atoms with Crippen molar-refractivity contribution in [2.45, 2.75) is 6.54 Å². The first-order chi connectivity index (χ1) is 7.17. The van der Waals surface area contributed by atoms with Crippen molar-refractivity contribution in [1.29, 1.82) is 5.26 Å². The highest BCUT2D eigenvalue weighted by molar-refractivity contribution is 6.31. The molecule has 0 bridgehead atoms. The van der Waals surface area contributed by atoms with E-state index >= 15 is 0 Å². The Balaban J connectivity index is 2.74. The number of nitrogens with zero attached hydrogens (tertiary/aromatic N) is 2. The third-order valence-electron chi connectivity index (χ3n) is 2.10. The highest BCUT2D eigenvalue weighted by Gasteiger charge is 2.04. The van der Waals surface area contributed by atoms with Crippen LogP contribution >= 0.6 is 11.6 Å². The number of aliphatic hydroxyl groups excluding tert-OH is 1. The zero-order valence-corrected chi connectivity index (χ0v) is 9.33. The fourth-order valence-corrected chi connectivity index (χ4v) is 1.53. The molecule has 1 N–H and O–H groups in total. The van der Waals surface area contributed by atoms with Gasteiger partial charge in [0, 0.05) is 18.1 Å². The summed E-state index contributed by atoms with van der Waals surface area (Å²) in [4.78, 5) is 1.97. The summed E-state index contributed by atoms with van der Waals surface area (Å²) in [6.45, 7) is 1.41. The molecule has 4 heteroatoms. The molecule has 15 heavy (non-hydrogen) atoms. The lowest BCUT2D eigenvalue weighted by Crippen LogP contribution is -2.21. The molecule has 0 unspecified atom stereocenters. The van der Waals surface area contributed by atoms with Crippen LogP contribution in [0.1, 0.15) is 11.1 Å². The van der Waals surface area contributed by atoms with E-state index in [9.17, 15) is 0 Å². The molecule has 80 valence electrons. The van der Waals surface area contributed by atoms with Gasteiger partial charge < -0.3 is 5.11 Å². The Kier molecular flexibility index (Phi) is 4.57. The van der Waals surface area contributed by atoms with E-state index in [1.54, 1.807) is 12.1 Å². The molecule has 0 aliphatic carbocycles. The fourth-order valence-electron chi connectivity index (χ4n) is 1.29. The highest BCUT2D eigenvalue weighted by Crippen LogP contribution is 2.18. The van der Waals surface area contributed by atoms with Gasteiger partial charge in [0.1, 0.15) is 0 Å². The van der Waals surface area contributed by atoms with Crippen molar-refractivity contribution in [3.05, 3.63) is 34.3 Å². The van der Waals surface area contributed by atoms with Crippen LogP contribution in [0, 0.1) is 11.3 Å². The van der Waals surface area contributed by atoms with E-state index in [1.807, 2.05) is 24.1 Å². The Hall–Kier alpha value is -1.08. The van der Waals surface area contributed by atoms with Gasteiger partial charge in [-0.25, -0.2) is 0 Å². The first-order valence-electron chi connectivity index (χ1n) is 4.65. The van der Waals surface area contributed by atoms with Crippen molar-refractivity contribution in [1.82, 2.24) is 4.90 Å². The van der Waals surface area contributed by atoms with Crippen LogP contribution < -0.4 is 0 Å². The molecule has 3 nitrogen and oxygen atoms in total. The maximum atomic E-state index is 8.75. The molecule has 1 rings (SSSR count). The summed E-state index contributed by atoms with van der Waals surface area (Å²) in [6.07, 6.45) is 0. The number of aliphatic hydroxyl groups is 1. The second kappa shape index (κ2) is 5.72. The predicted molar refractivity (Wildman–Crippen MR) is 59.6 cm³/mol. The third-order valence-corrected chi connectivity index (χ3v) is 2.46. The van der Waals surface area contributed by atoms with E-state index in [2.05, 4.69) is 0 Å². The zero-order valence-electron chi connectivity index (χ0n) is 8.57. The van der Waals surface area contributed by atoms with Crippen LogP contribution in [0.2, 0.25) is 5.02 Å². The number of nitriles is 1. The van der Waals surface area contributed by atoms with Gasteiger partial charge in [-0.1, -0.05) is 17.7 Å². The Bertz CT molecular complexity index is 373. The minimum absolute atomic E-state index is 0.129. The van der Waals surface area contributed by atoms with E-state index in [1.165, 1.54) is 0 Å². The van der Waals surface area contributed by atoms with Gasteiger partial charge in [-0.15, -0.1) is 0 Å². The van der Waals surface area contributed by atoms with Crippen molar-refractivity contribution < 1.29 is 5.11 Å². The number of benzene rings is 1. The Morgan fingerprint density at radius 3 is 2.80 bits per heavy atom. The lowest BCUT2D eigenvalue weighted by Gasteiger charge is -2.15. The predicted octanol–water partition coefficient (Wildman–Crippen LogP) is 1.64. The van der Waals surface area contributed by atoms with Gasteiger partial charge >= 0.3 is 0 Å². The topological polar surface area (TPSA) is 47.3 Å². The average molecular weight is 225 g/mol. The molecule has 0 radical (unpaired) electrons. The minimum Gasteiger partial charge on any atom is -0.395 e. The van der Waals surface area contributed by atoms with Gasteiger partial charge in [0.25, 0.3) is 0 Å². The summed E-state index contributed by atoms with van der Waals surface area (Å²) in [7, 11) is 1.91. The molecule has 0 aliphatic heterocycles. The number of hydrogen-bond donors (Lipinski definition) is 1. The summed E-state index contributed by atoms with van der Waals surface area (Å²) in [5, 5.41) is 18.0. The van der Waals surface area contributed by atoms with E-state index in [-0.39, 0.29) is 6.61 Å². The molecule has 0 saturated carbocycles. The Morgan fingerprint density at radius 2 is 2.27 bits per heavy atom. The normalized spacial score (nSPS) is 10.3. The van der Waals surface area contributed by atoms with E-state index in [0.29, 0.717) is 23.7 Å². The monoisotopic (exact) mass is 224 g/mol. The van der Waals surface area contributed by atoms with Crippen LogP contribution in [0.5, 0.6) is 0 Å². The SMILES string of the molecule is CN(CCO)Cc1ccc(C#N)cc1Cl. The average Bonchev–Trinajstić information content (AvgIpc) is 2.21. The summed E-state index contributed by atoms with van der Waals surface area (Å²) in [5.41, 5.74) is 1.53. The fraction of sp³-hybridized carbons (Fsp3) is 0.364. The van der Waals surface area contributed by atoms with Crippen LogP contribution in [-0.4, -0.2) is 30.2 Å². The van der Waals surface area contributed by atoms with Crippen LogP contribution in [0.25, 0.3) is 0 Å². The largest absolute Gasteiger partial charge is 0.395 e. The van der Waals surface area contributed by atoms with Crippen LogP contribution in [0.4, 0.5) is 0 Å². The molecule has 0 fully saturated rings. The van der Waals surface area contributed by atoms with Gasteiger partial charge in [-0.3, -0.25) is 4.90 Å². The van der Waals surface area contributed by atoms with Gasteiger partial charge in [-0.2, -0.15) is 5.26 Å². The molecule has 0 spiro atoms. The third kappa shape index (κ3) is 3.52. The maximum absolute atomic E-state index is 8.75. The molecule has 0 heterocycles. The Labute approximate surface area is 94.5 Å². The minimum atomic E-state index is 0.129. The smallest absolute Gasteiger partial charge is 0.0992 e.